The number of hydrogen-bond acceptors (Lipinski definition) is 4. The quantitative estimate of drug-likeness (QED) is 0.377. The molecule has 1 aliphatic rings. The second-order valence-electron chi connectivity index (χ2n) is 3.49. The molecule has 14 heavy (non-hydrogen) atoms. The first-order chi connectivity index (χ1) is 6.49. The lowest BCUT2D eigenvalue weighted by molar-refractivity contribution is -0.129. The summed E-state index contributed by atoms with van der Waals surface area (Å²) in [6.45, 7) is 3.20. The molecule has 0 N–H and O–H groups in total. The summed E-state index contributed by atoms with van der Waals surface area (Å²) in [6.07, 6.45) is -0.687. The molecule has 0 spiro atoms. The van der Waals surface area contributed by atoms with Gasteiger partial charge in [-0.3, -0.25) is 4.79 Å². The van der Waals surface area contributed by atoms with E-state index in [-0.39, 0.29) is 13.2 Å². The lowest BCUT2D eigenvalue weighted by Crippen LogP contribution is -2.46. The molecule has 0 bridgehead atoms. The van der Waals surface area contributed by atoms with E-state index in [2.05, 4.69) is 10.0 Å². The van der Waals surface area contributed by atoms with Crippen LogP contribution in [-0.4, -0.2) is 35.6 Å². The Morgan fingerprint density at radius 2 is 2.43 bits per heavy atom. The van der Waals surface area contributed by atoms with Crippen molar-refractivity contribution in [2.45, 2.75) is 19.4 Å². The predicted molar refractivity (Wildman–Crippen MR) is 46.3 cm³/mol. The van der Waals surface area contributed by atoms with E-state index in [4.69, 9.17) is 10.3 Å². The number of carbonyl (C=O) groups excluding carboxylic acids is 2. The van der Waals surface area contributed by atoms with Crippen molar-refractivity contribution in [1.29, 1.82) is 0 Å². The Balaban J connectivity index is 2.79. The number of azide groups is 1. The van der Waals surface area contributed by atoms with Gasteiger partial charge in [-0.25, -0.2) is 9.69 Å². The average Bonchev–Trinajstić information content (AvgIpc) is 2.37. The molecule has 1 saturated heterocycles. The van der Waals surface area contributed by atoms with E-state index >= 15 is 0 Å². The summed E-state index contributed by atoms with van der Waals surface area (Å²) in [7, 11) is 0. The molecular weight excluding hydrogens is 188 g/mol. The van der Waals surface area contributed by atoms with Gasteiger partial charge in [0.2, 0.25) is 5.91 Å². The third kappa shape index (κ3) is 1.77. The van der Waals surface area contributed by atoms with E-state index in [1.807, 2.05) is 0 Å². The number of ether oxygens (including phenoxy) is 1. The van der Waals surface area contributed by atoms with Crippen LogP contribution in [0.4, 0.5) is 4.79 Å². The van der Waals surface area contributed by atoms with Gasteiger partial charge in [0.1, 0.15) is 13.2 Å². The molecule has 1 heterocycles. The van der Waals surface area contributed by atoms with Gasteiger partial charge in [0.05, 0.1) is 5.54 Å². The van der Waals surface area contributed by atoms with Gasteiger partial charge >= 0.3 is 6.09 Å². The Bertz CT molecular complexity index is 319. The van der Waals surface area contributed by atoms with Gasteiger partial charge in [-0.05, 0) is 19.4 Å². The molecule has 0 aromatic carbocycles. The molecule has 2 amide bonds. The van der Waals surface area contributed by atoms with Crippen LogP contribution < -0.4 is 0 Å². The number of nitrogens with zero attached hydrogens (tertiary/aromatic N) is 4. The van der Waals surface area contributed by atoms with Crippen molar-refractivity contribution in [3.8, 4) is 0 Å². The number of imide groups is 1. The molecule has 0 saturated carbocycles. The molecule has 0 aromatic heterocycles. The van der Waals surface area contributed by atoms with Crippen molar-refractivity contribution >= 4 is 12.0 Å². The second-order valence-corrected chi connectivity index (χ2v) is 3.49. The van der Waals surface area contributed by atoms with Crippen molar-refractivity contribution in [2.75, 3.05) is 13.2 Å². The second kappa shape index (κ2) is 3.55. The monoisotopic (exact) mass is 198 g/mol. The molecule has 1 rings (SSSR count). The van der Waals surface area contributed by atoms with E-state index < -0.39 is 17.5 Å². The summed E-state index contributed by atoms with van der Waals surface area (Å²) in [5.41, 5.74) is 7.36. The number of hydrogen-bond donors (Lipinski definition) is 0. The highest BCUT2D eigenvalue weighted by Crippen LogP contribution is 2.23. The van der Waals surface area contributed by atoms with Gasteiger partial charge in [-0.1, -0.05) is 5.11 Å². The van der Waals surface area contributed by atoms with Gasteiger partial charge < -0.3 is 4.74 Å². The van der Waals surface area contributed by atoms with E-state index in [9.17, 15) is 9.59 Å². The summed E-state index contributed by atoms with van der Waals surface area (Å²) in [5, 5.41) is 3.10. The minimum atomic E-state index is -0.687. The number of carbonyl (C=O) groups is 2. The first-order valence-corrected chi connectivity index (χ1v) is 4.00. The third-order valence-electron chi connectivity index (χ3n) is 1.86. The first-order valence-electron chi connectivity index (χ1n) is 4.00. The SMILES string of the molecule is CC1(C)COC(=O)N1C(=O)CN=[N+]=[N-]. The normalized spacial score (nSPS) is 18.7. The zero-order chi connectivity index (χ0) is 10.8. The topological polar surface area (TPSA) is 95.4 Å². The molecule has 1 aliphatic heterocycles. The number of amides is 2. The fourth-order valence-electron chi connectivity index (χ4n) is 1.22. The fourth-order valence-corrected chi connectivity index (χ4v) is 1.22. The molecule has 7 heteroatoms. The molecule has 0 aromatic rings. The van der Waals surface area contributed by atoms with Crippen LogP contribution in [0.2, 0.25) is 0 Å². The Morgan fingerprint density at radius 3 is 2.86 bits per heavy atom. The highest BCUT2D eigenvalue weighted by Gasteiger charge is 2.43. The zero-order valence-corrected chi connectivity index (χ0v) is 7.93. The minimum absolute atomic E-state index is 0.161. The minimum Gasteiger partial charge on any atom is -0.447 e. The van der Waals surface area contributed by atoms with E-state index in [0.29, 0.717) is 0 Å². The summed E-state index contributed by atoms with van der Waals surface area (Å²) in [4.78, 5) is 26.0. The van der Waals surface area contributed by atoms with E-state index in [0.717, 1.165) is 4.90 Å². The van der Waals surface area contributed by atoms with Crippen molar-refractivity contribution in [3.05, 3.63) is 10.4 Å². The van der Waals surface area contributed by atoms with Gasteiger partial charge in [-0.2, -0.15) is 0 Å². The molecule has 1 fully saturated rings. The maximum Gasteiger partial charge on any atom is 0.417 e. The Morgan fingerprint density at radius 1 is 1.79 bits per heavy atom. The van der Waals surface area contributed by atoms with Crippen molar-refractivity contribution in [3.63, 3.8) is 0 Å². The molecule has 0 unspecified atom stereocenters. The Hall–Kier alpha value is -1.75. The highest BCUT2D eigenvalue weighted by atomic mass is 16.6. The average molecular weight is 198 g/mol. The predicted octanol–water partition coefficient (Wildman–Crippen LogP) is 1.05. The molecule has 0 aliphatic carbocycles. The van der Waals surface area contributed by atoms with Crippen LogP contribution >= 0.6 is 0 Å². The van der Waals surface area contributed by atoms with Crippen LogP contribution in [0.5, 0.6) is 0 Å². The molecule has 7 nitrogen and oxygen atoms in total. The van der Waals surface area contributed by atoms with Gasteiger partial charge in [0.25, 0.3) is 0 Å². The van der Waals surface area contributed by atoms with Crippen molar-refractivity contribution in [1.82, 2.24) is 4.90 Å². The summed E-state index contributed by atoms with van der Waals surface area (Å²) in [5.74, 6) is -0.546. The van der Waals surface area contributed by atoms with Crippen LogP contribution in [0.25, 0.3) is 10.4 Å². The molecule has 0 atom stereocenters. The molecule has 0 radical (unpaired) electrons. The molecule has 76 valence electrons. The summed E-state index contributed by atoms with van der Waals surface area (Å²) >= 11 is 0. The maximum atomic E-state index is 11.4. The lowest BCUT2D eigenvalue weighted by Gasteiger charge is -2.24. The lowest BCUT2D eigenvalue weighted by atomic mass is 10.1. The number of cyclic esters (lactones) is 1. The van der Waals surface area contributed by atoms with Gasteiger partial charge in [-0.15, -0.1) is 0 Å². The van der Waals surface area contributed by atoms with Crippen LogP contribution in [0.3, 0.4) is 0 Å². The van der Waals surface area contributed by atoms with Crippen LogP contribution in [0.15, 0.2) is 5.11 Å². The van der Waals surface area contributed by atoms with Gasteiger partial charge in [0, 0.05) is 4.91 Å². The Kier molecular flexibility index (Phi) is 2.62. The fraction of sp³-hybridized carbons (Fsp3) is 0.714. The van der Waals surface area contributed by atoms with Crippen molar-refractivity contribution in [2.24, 2.45) is 5.11 Å². The van der Waals surface area contributed by atoms with Crippen LogP contribution in [-0.2, 0) is 9.53 Å². The largest absolute Gasteiger partial charge is 0.447 e. The smallest absolute Gasteiger partial charge is 0.417 e. The summed E-state index contributed by atoms with van der Waals surface area (Å²) in [6, 6.07) is 0. The highest BCUT2D eigenvalue weighted by molar-refractivity contribution is 5.95. The first kappa shape index (κ1) is 10.3. The Labute approximate surface area is 80.3 Å². The van der Waals surface area contributed by atoms with E-state index in [1.165, 1.54) is 0 Å². The van der Waals surface area contributed by atoms with Crippen LogP contribution in [0.1, 0.15) is 13.8 Å². The van der Waals surface area contributed by atoms with Crippen molar-refractivity contribution < 1.29 is 14.3 Å². The van der Waals surface area contributed by atoms with E-state index in [1.54, 1.807) is 13.8 Å². The van der Waals surface area contributed by atoms with Crippen LogP contribution in [0, 0.1) is 0 Å². The molecular formula is C7H10N4O3. The number of rotatable bonds is 2. The van der Waals surface area contributed by atoms with Gasteiger partial charge in [0.15, 0.2) is 0 Å². The summed E-state index contributed by atoms with van der Waals surface area (Å²) < 4.78 is 4.71. The standard InChI is InChI=1S/C7H10N4O3/c1-7(2)4-14-6(13)11(7)5(12)3-9-10-8/h3-4H2,1-2H3. The zero-order valence-electron chi connectivity index (χ0n) is 7.93. The maximum absolute atomic E-state index is 11.4. The third-order valence-corrected chi connectivity index (χ3v) is 1.86.